The molecule has 2 aromatic rings. The largest absolute Gasteiger partial charge is 0.484 e. The second kappa shape index (κ2) is 9.02. The fraction of sp³-hybridized carbons (Fsp3) is 0.350. The highest BCUT2D eigenvalue weighted by atomic mass is 16.5. The van der Waals surface area contributed by atoms with E-state index in [0.717, 1.165) is 31.7 Å². The second-order valence-electron chi connectivity index (χ2n) is 6.29. The van der Waals surface area contributed by atoms with Gasteiger partial charge < -0.3 is 20.3 Å². The summed E-state index contributed by atoms with van der Waals surface area (Å²) < 4.78 is 5.41. The van der Waals surface area contributed by atoms with Gasteiger partial charge >= 0.3 is 0 Å². The first-order valence-corrected chi connectivity index (χ1v) is 9.18. The highest BCUT2D eigenvalue weighted by Gasteiger charge is 2.20. The molecule has 2 amide bonds. The Kier molecular flexibility index (Phi) is 6.25. The second-order valence-corrected chi connectivity index (χ2v) is 6.29. The van der Waals surface area contributed by atoms with Crippen LogP contribution >= 0.6 is 0 Å². The van der Waals surface area contributed by atoms with Crippen LogP contribution in [0.15, 0.2) is 42.6 Å². The number of carbonyl (C=O) groups is 2. The molecule has 2 heterocycles. The summed E-state index contributed by atoms with van der Waals surface area (Å²) in [7, 11) is 0. The van der Waals surface area contributed by atoms with Crippen molar-refractivity contribution in [3.63, 3.8) is 0 Å². The van der Waals surface area contributed by atoms with E-state index < -0.39 is 0 Å². The van der Waals surface area contributed by atoms with Crippen LogP contribution < -0.4 is 20.3 Å². The first-order valence-electron chi connectivity index (χ1n) is 9.18. The van der Waals surface area contributed by atoms with Gasteiger partial charge in [0, 0.05) is 31.5 Å². The predicted molar refractivity (Wildman–Crippen MR) is 104 cm³/mol. The van der Waals surface area contributed by atoms with Gasteiger partial charge in [0.15, 0.2) is 6.61 Å². The van der Waals surface area contributed by atoms with Gasteiger partial charge in [-0.25, -0.2) is 4.98 Å². The molecule has 1 aliphatic heterocycles. The molecule has 3 rings (SSSR count). The van der Waals surface area contributed by atoms with E-state index in [0.29, 0.717) is 23.5 Å². The highest BCUT2D eigenvalue weighted by Crippen LogP contribution is 2.23. The Hall–Kier alpha value is -3.09. The number of anilines is 2. The summed E-state index contributed by atoms with van der Waals surface area (Å²) >= 11 is 0. The number of rotatable bonds is 7. The van der Waals surface area contributed by atoms with E-state index in [1.807, 2.05) is 6.92 Å². The Morgan fingerprint density at radius 1 is 1.15 bits per heavy atom. The SMILES string of the molecule is CCNC(=O)COc1ccc(NC(=O)c2cccnc2N2CCCC2)cc1. The third-order valence-electron chi connectivity index (χ3n) is 4.29. The van der Waals surface area contributed by atoms with Gasteiger partial charge in [-0.3, -0.25) is 9.59 Å². The first-order chi connectivity index (χ1) is 13.2. The Morgan fingerprint density at radius 2 is 1.89 bits per heavy atom. The molecule has 0 radical (unpaired) electrons. The summed E-state index contributed by atoms with van der Waals surface area (Å²) in [6.45, 7) is 4.24. The molecule has 1 aromatic heterocycles. The highest BCUT2D eigenvalue weighted by molar-refractivity contribution is 6.07. The number of hydrogen-bond donors (Lipinski definition) is 2. The molecule has 0 bridgehead atoms. The lowest BCUT2D eigenvalue weighted by Crippen LogP contribution is -2.28. The summed E-state index contributed by atoms with van der Waals surface area (Å²) in [5.41, 5.74) is 1.22. The number of aromatic nitrogens is 1. The molecule has 1 aromatic carbocycles. The van der Waals surface area contributed by atoms with Gasteiger partial charge in [0.05, 0.1) is 5.56 Å². The van der Waals surface area contributed by atoms with Gasteiger partial charge in [0.25, 0.3) is 11.8 Å². The van der Waals surface area contributed by atoms with Crippen LogP contribution in [0.4, 0.5) is 11.5 Å². The summed E-state index contributed by atoms with van der Waals surface area (Å²) in [6, 6.07) is 10.5. The van der Waals surface area contributed by atoms with E-state index >= 15 is 0 Å². The van der Waals surface area contributed by atoms with Crippen LogP contribution in [-0.2, 0) is 4.79 Å². The van der Waals surface area contributed by atoms with Crippen LogP contribution in [0.1, 0.15) is 30.1 Å². The van der Waals surface area contributed by atoms with Crippen LogP contribution in [-0.4, -0.2) is 43.0 Å². The standard InChI is InChI=1S/C20H24N4O3/c1-2-21-18(25)14-27-16-9-7-15(8-10-16)23-20(26)17-6-5-11-22-19(17)24-12-3-4-13-24/h5-11H,2-4,12-14H2,1H3,(H,21,25)(H,23,26). The van der Waals surface area contributed by atoms with Gasteiger partial charge in [-0.05, 0) is 56.2 Å². The zero-order valence-corrected chi connectivity index (χ0v) is 15.4. The fourth-order valence-electron chi connectivity index (χ4n) is 2.99. The maximum Gasteiger partial charge on any atom is 0.259 e. The lowest BCUT2D eigenvalue weighted by atomic mass is 10.2. The van der Waals surface area contributed by atoms with Gasteiger partial charge in [-0.2, -0.15) is 0 Å². The predicted octanol–water partition coefficient (Wildman–Crippen LogP) is 2.45. The van der Waals surface area contributed by atoms with Crippen molar-refractivity contribution in [2.45, 2.75) is 19.8 Å². The van der Waals surface area contributed by atoms with Crippen LogP contribution in [0.25, 0.3) is 0 Å². The zero-order chi connectivity index (χ0) is 19.1. The van der Waals surface area contributed by atoms with Crippen LogP contribution in [0.3, 0.4) is 0 Å². The van der Waals surface area contributed by atoms with Gasteiger partial charge in [0.1, 0.15) is 11.6 Å². The van der Waals surface area contributed by atoms with Crippen molar-refractivity contribution in [3.8, 4) is 5.75 Å². The summed E-state index contributed by atoms with van der Waals surface area (Å²) in [5.74, 6) is 0.940. The van der Waals surface area contributed by atoms with Crippen LogP contribution in [0.2, 0.25) is 0 Å². The van der Waals surface area contributed by atoms with E-state index in [2.05, 4.69) is 20.5 Å². The third-order valence-corrected chi connectivity index (χ3v) is 4.29. The van der Waals surface area contributed by atoms with Gasteiger partial charge in [-0.1, -0.05) is 0 Å². The molecule has 1 fully saturated rings. The first kappa shape index (κ1) is 18.7. The molecule has 0 unspecified atom stereocenters. The average molecular weight is 368 g/mol. The van der Waals surface area contributed by atoms with Crippen molar-refractivity contribution >= 4 is 23.3 Å². The molecule has 1 saturated heterocycles. The molecule has 0 spiro atoms. The molecular formula is C20H24N4O3. The molecule has 1 aliphatic rings. The minimum atomic E-state index is -0.194. The number of amides is 2. The van der Waals surface area contributed by atoms with E-state index in [-0.39, 0.29) is 18.4 Å². The number of ether oxygens (including phenoxy) is 1. The topological polar surface area (TPSA) is 83.6 Å². The Labute approximate surface area is 158 Å². The number of hydrogen-bond acceptors (Lipinski definition) is 5. The zero-order valence-electron chi connectivity index (χ0n) is 15.4. The van der Waals surface area contributed by atoms with Crippen molar-refractivity contribution in [2.75, 3.05) is 36.5 Å². The molecule has 2 N–H and O–H groups in total. The van der Waals surface area contributed by atoms with Crippen molar-refractivity contribution in [3.05, 3.63) is 48.2 Å². The summed E-state index contributed by atoms with van der Waals surface area (Å²) in [6.07, 6.45) is 3.95. The van der Waals surface area contributed by atoms with E-state index in [9.17, 15) is 9.59 Å². The van der Waals surface area contributed by atoms with Crippen molar-refractivity contribution < 1.29 is 14.3 Å². The quantitative estimate of drug-likeness (QED) is 0.784. The number of benzene rings is 1. The summed E-state index contributed by atoms with van der Waals surface area (Å²) in [4.78, 5) is 30.7. The lowest BCUT2D eigenvalue weighted by Gasteiger charge is -2.19. The molecule has 0 saturated carbocycles. The molecule has 7 nitrogen and oxygen atoms in total. The number of nitrogens with zero attached hydrogens (tertiary/aromatic N) is 2. The molecular weight excluding hydrogens is 344 g/mol. The molecule has 7 heteroatoms. The van der Waals surface area contributed by atoms with Crippen molar-refractivity contribution in [1.29, 1.82) is 0 Å². The minimum Gasteiger partial charge on any atom is -0.484 e. The number of carbonyl (C=O) groups excluding carboxylic acids is 2. The Bertz CT molecular complexity index is 786. The average Bonchev–Trinajstić information content (AvgIpc) is 3.22. The number of likely N-dealkylation sites (N-methyl/N-ethyl adjacent to an activating group) is 1. The molecule has 27 heavy (non-hydrogen) atoms. The van der Waals surface area contributed by atoms with Gasteiger partial charge in [-0.15, -0.1) is 0 Å². The van der Waals surface area contributed by atoms with Crippen LogP contribution in [0, 0.1) is 0 Å². The fourth-order valence-corrected chi connectivity index (χ4v) is 2.99. The molecule has 0 aliphatic carbocycles. The maximum atomic E-state index is 12.7. The van der Waals surface area contributed by atoms with Crippen LogP contribution in [0.5, 0.6) is 5.75 Å². The molecule has 0 atom stereocenters. The summed E-state index contributed by atoms with van der Waals surface area (Å²) in [5, 5.41) is 5.56. The smallest absolute Gasteiger partial charge is 0.259 e. The molecule has 142 valence electrons. The number of pyridine rings is 1. The monoisotopic (exact) mass is 368 g/mol. The van der Waals surface area contributed by atoms with E-state index in [1.54, 1.807) is 42.6 Å². The van der Waals surface area contributed by atoms with Gasteiger partial charge in [0.2, 0.25) is 0 Å². The maximum absolute atomic E-state index is 12.7. The van der Waals surface area contributed by atoms with E-state index in [1.165, 1.54) is 0 Å². The number of nitrogens with one attached hydrogen (secondary N) is 2. The van der Waals surface area contributed by atoms with E-state index in [4.69, 9.17) is 4.74 Å². The third kappa shape index (κ3) is 4.97. The normalized spacial score (nSPS) is 13.3. The Balaban J connectivity index is 1.62. The van der Waals surface area contributed by atoms with Crippen molar-refractivity contribution in [2.24, 2.45) is 0 Å². The van der Waals surface area contributed by atoms with Crippen molar-refractivity contribution in [1.82, 2.24) is 10.3 Å². The minimum absolute atomic E-state index is 0.0333. The lowest BCUT2D eigenvalue weighted by molar-refractivity contribution is -0.122. The Morgan fingerprint density at radius 3 is 2.59 bits per heavy atom.